The van der Waals surface area contributed by atoms with E-state index in [1.165, 1.54) is 12.1 Å². The van der Waals surface area contributed by atoms with E-state index in [0.29, 0.717) is 6.42 Å². The van der Waals surface area contributed by atoms with Crippen LogP contribution in [0.1, 0.15) is 29.0 Å². The number of halogens is 3. The average molecular weight is 367 g/mol. The first-order valence-electron chi connectivity index (χ1n) is 7.67. The van der Waals surface area contributed by atoms with Gasteiger partial charge in [0.15, 0.2) is 0 Å². The van der Waals surface area contributed by atoms with Gasteiger partial charge < -0.3 is 0 Å². The lowest BCUT2D eigenvalue weighted by Gasteiger charge is -2.07. The maximum atomic E-state index is 12.7. The molecular formula is C18H16F3NO2S. The van der Waals surface area contributed by atoms with Crippen molar-refractivity contribution < 1.29 is 21.6 Å². The van der Waals surface area contributed by atoms with Crippen LogP contribution in [0.2, 0.25) is 0 Å². The molecule has 2 aromatic carbocycles. The second kappa shape index (κ2) is 6.65. The molecule has 1 aliphatic carbocycles. The summed E-state index contributed by atoms with van der Waals surface area (Å²) in [5.41, 5.74) is 0.430. The quantitative estimate of drug-likeness (QED) is 0.863. The molecule has 0 aliphatic heterocycles. The van der Waals surface area contributed by atoms with Crippen molar-refractivity contribution in [3.63, 3.8) is 0 Å². The maximum absolute atomic E-state index is 12.7. The van der Waals surface area contributed by atoms with Crippen LogP contribution in [0.25, 0.3) is 6.08 Å². The summed E-state index contributed by atoms with van der Waals surface area (Å²) in [5, 5.41) is 0.906. The third kappa shape index (κ3) is 4.70. The van der Waals surface area contributed by atoms with E-state index >= 15 is 0 Å². The molecule has 0 radical (unpaired) electrons. The van der Waals surface area contributed by atoms with Crippen molar-refractivity contribution in [2.45, 2.75) is 24.6 Å². The van der Waals surface area contributed by atoms with E-state index < -0.39 is 21.8 Å². The highest BCUT2D eigenvalue weighted by atomic mass is 32.2. The third-order valence-electron chi connectivity index (χ3n) is 3.99. The number of benzene rings is 2. The van der Waals surface area contributed by atoms with Crippen LogP contribution >= 0.6 is 0 Å². The Morgan fingerprint density at radius 1 is 1.04 bits per heavy atom. The van der Waals surface area contributed by atoms with Crippen molar-refractivity contribution in [3.8, 4) is 0 Å². The number of sulfonamides is 1. The number of hydrogen-bond acceptors (Lipinski definition) is 2. The molecule has 0 heterocycles. The Kier molecular flexibility index (Phi) is 4.71. The number of rotatable bonds is 5. The summed E-state index contributed by atoms with van der Waals surface area (Å²) < 4.78 is 64.8. The molecule has 3 rings (SSSR count). The normalized spacial score (nSPS) is 20.8. The number of hydrogen-bond donors (Lipinski definition) is 1. The lowest BCUT2D eigenvalue weighted by Crippen LogP contribution is -2.24. The van der Waals surface area contributed by atoms with E-state index in [4.69, 9.17) is 0 Å². The summed E-state index contributed by atoms with van der Waals surface area (Å²) in [5.74, 6) is 0.137. The summed E-state index contributed by atoms with van der Waals surface area (Å²) in [6.07, 6.45) is -2.59. The van der Waals surface area contributed by atoms with E-state index in [1.807, 2.05) is 30.3 Å². The molecule has 0 unspecified atom stereocenters. The minimum Gasteiger partial charge on any atom is -0.208 e. The Labute approximate surface area is 144 Å². The fourth-order valence-corrected chi connectivity index (χ4v) is 3.73. The molecule has 1 aliphatic rings. The first-order chi connectivity index (χ1) is 11.7. The zero-order valence-corrected chi connectivity index (χ0v) is 13.9. The molecule has 1 N–H and O–H groups in total. The fraction of sp³-hybridized carbons (Fsp3) is 0.222. The van der Waals surface area contributed by atoms with Crippen molar-refractivity contribution in [1.29, 1.82) is 0 Å². The molecule has 0 bridgehead atoms. The van der Waals surface area contributed by atoms with Gasteiger partial charge in [0, 0.05) is 17.4 Å². The summed E-state index contributed by atoms with van der Waals surface area (Å²) in [7, 11) is -3.72. The zero-order valence-electron chi connectivity index (χ0n) is 13.1. The van der Waals surface area contributed by atoms with Gasteiger partial charge in [-0.3, -0.25) is 0 Å². The smallest absolute Gasteiger partial charge is 0.208 e. The van der Waals surface area contributed by atoms with Crippen LogP contribution in [0.3, 0.4) is 0 Å². The Hall–Kier alpha value is -2.12. The molecule has 7 heteroatoms. The van der Waals surface area contributed by atoms with Gasteiger partial charge in [-0.1, -0.05) is 42.5 Å². The molecular weight excluding hydrogens is 351 g/mol. The van der Waals surface area contributed by atoms with Crippen LogP contribution in [0.15, 0.2) is 60.0 Å². The molecule has 25 heavy (non-hydrogen) atoms. The Bertz CT molecular complexity index is 877. The SMILES string of the molecule is O=S(=O)(/C=C/c1cccc(C(F)(F)F)c1)N[C@H]1C[C@@H]1c1ccccc1. The predicted molar refractivity (Wildman–Crippen MR) is 90.1 cm³/mol. The summed E-state index contributed by atoms with van der Waals surface area (Å²) in [6, 6.07) is 13.9. The highest BCUT2D eigenvalue weighted by Gasteiger charge is 2.40. The molecule has 3 nitrogen and oxygen atoms in total. The van der Waals surface area contributed by atoms with Crippen molar-refractivity contribution in [1.82, 2.24) is 4.72 Å². The Balaban J connectivity index is 1.65. The maximum Gasteiger partial charge on any atom is 0.416 e. The summed E-state index contributed by atoms with van der Waals surface area (Å²) in [6.45, 7) is 0. The van der Waals surface area contributed by atoms with Crippen LogP contribution < -0.4 is 4.72 Å². The van der Waals surface area contributed by atoms with Crippen molar-refractivity contribution in [2.24, 2.45) is 0 Å². The monoisotopic (exact) mass is 367 g/mol. The van der Waals surface area contributed by atoms with Gasteiger partial charge in [-0.2, -0.15) is 13.2 Å². The molecule has 0 aromatic heterocycles. The zero-order chi connectivity index (χ0) is 18.1. The average Bonchev–Trinajstić information content (AvgIpc) is 3.32. The highest BCUT2D eigenvalue weighted by molar-refractivity contribution is 7.92. The first-order valence-corrected chi connectivity index (χ1v) is 9.22. The van der Waals surface area contributed by atoms with Gasteiger partial charge in [0.1, 0.15) is 0 Å². The van der Waals surface area contributed by atoms with Crippen LogP contribution in [0, 0.1) is 0 Å². The van der Waals surface area contributed by atoms with Crippen molar-refractivity contribution in [3.05, 3.63) is 76.7 Å². The fourth-order valence-electron chi connectivity index (χ4n) is 2.63. The number of nitrogens with one attached hydrogen (secondary N) is 1. The molecule has 2 atom stereocenters. The van der Waals surface area contributed by atoms with Gasteiger partial charge in [-0.15, -0.1) is 0 Å². The molecule has 1 fully saturated rings. The molecule has 2 aromatic rings. The van der Waals surface area contributed by atoms with Crippen LogP contribution in [-0.2, 0) is 16.2 Å². The van der Waals surface area contributed by atoms with Crippen LogP contribution in [-0.4, -0.2) is 14.5 Å². The third-order valence-corrected chi connectivity index (χ3v) is 5.11. The number of alkyl halides is 3. The standard InChI is InChI=1S/C18H16F3NO2S/c19-18(20,21)15-8-4-5-13(11-15)9-10-25(23,24)22-17-12-16(17)14-6-2-1-3-7-14/h1-11,16-17,22H,12H2/b10-9+/t16-,17+/m1/s1. The second-order valence-corrected chi connectivity index (χ2v) is 7.55. The molecule has 0 saturated heterocycles. The van der Waals surface area contributed by atoms with Gasteiger partial charge in [0.05, 0.1) is 5.56 Å². The van der Waals surface area contributed by atoms with Crippen LogP contribution in [0.5, 0.6) is 0 Å². The highest BCUT2D eigenvalue weighted by Crippen LogP contribution is 2.41. The van der Waals surface area contributed by atoms with E-state index in [1.54, 1.807) is 0 Å². The van der Waals surface area contributed by atoms with E-state index in [9.17, 15) is 21.6 Å². The largest absolute Gasteiger partial charge is 0.416 e. The molecule has 0 spiro atoms. The molecule has 132 valence electrons. The first kappa shape index (κ1) is 17.7. The minimum atomic E-state index is -4.46. The molecule has 1 saturated carbocycles. The summed E-state index contributed by atoms with van der Waals surface area (Å²) >= 11 is 0. The lowest BCUT2D eigenvalue weighted by molar-refractivity contribution is -0.137. The molecule has 0 amide bonds. The van der Waals surface area contributed by atoms with Gasteiger partial charge in [0.2, 0.25) is 10.0 Å². The van der Waals surface area contributed by atoms with Crippen molar-refractivity contribution >= 4 is 16.1 Å². The van der Waals surface area contributed by atoms with Crippen LogP contribution in [0.4, 0.5) is 13.2 Å². The van der Waals surface area contributed by atoms with E-state index in [0.717, 1.165) is 29.2 Å². The van der Waals surface area contributed by atoms with Gasteiger partial charge in [0.25, 0.3) is 0 Å². The Morgan fingerprint density at radius 2 is 1.76 bits per heavy atom. The predicted octanol–water partition coefficient (Wildman–Crippen LogP) is 4.15. The van der Waals surface area contributed by atoms with Crippen molar-refractivity contribution in [2.75, 3.05) is 0 Å². The lowest BCUT2D eigenvalue weighted by atomic mass is 10.1. The van der Waals surface area contributed by atoms with E-state index in [-0.39, 0.29) is 17.5 Å². The topological polar surface area (TPSA) is 46.2 Å². The van der Waals surface area contributed by atoms with Gasteiger partial charge in [-0.05, 0) is 35.8 Å². The second-order valence-electron chi connectivity index (χ2n) is 5.95. The summed E-state index contributed by atoms with van der Waals surface area (Å²) in [4.78, 5) is 0. The minimum absolute atomic E-state index is 0.137. The Morgan fingerprint density at radius 3 is 2.44 bits per heavy atom. The van der Waals surface area contributed by atoms with E-state index in [2.05, 4.69) is 4.72 Å². The van der Waals surface area contributed by atoms with Gasteiger partial charge >= 0.3 is 6.18 Å². The van der Waals surface area contributed by atoms with Gasteiger partial charge in [-0.25, -0.2) is 13.1 Å².